The first-order valence-corrected chi connectivity index (χ1v) is 10.2. The van der Waals surface area contributed by atoms with E-state index in [2.05, 4.69) is 13.8 Å². The number of hydrogen-bond donors (Lipinski definition) is 2. The third-order valence-corrected chi connectivity index (χ3v) is 6.67. The van der Waals surface area contributed by atoms with Crippen LogP contribution in [0.1, 0.15) is 53.4 Å². The molecule has 2 aliphatic carbocycles. The molecule has 2 aliphatic rings. The predicted octanol–water partition coefficient (Wildman–Crippen LogP) is 4.22. The molecule has 0 aromatic carbocycles. The average molecular weight is 405 g/mol. The molecule has 29 heavy (non-hydrogen) atoms. The summed E-state index contributed by atoms with van der Waals surface area (Å²) in [6, 6.07) is 0. The molecule has 0 spiro atoms. The van der Waals surface area contributed by atoms with Gasteiger partial charge in [-0.3, -0.25) is 9.59 Å². The summed E-state index contributed by atoms with van der Waals surface area (Å²) in [5.74, 6) is -5.08. The van der Waals surface area contributed by atoms with E-state index < -0.39 is 41.3 Å². The van der Waals surface area contributed by atoms with Crippen molar-refractivity contribution in [1.29, 1.82) is 0 Å². The predicted molar refractivity (Wildman–Crippen MR) is 109 cm³/mol. The van der Waals surface area contributed by atoms with E-state index in [-0.39, 0.29) is 17.8 Å². The fourth-order valence-electron chi connectivity index (χ4n) is 5.76. The van der Waals surface area contributed by atoms with Crippen molar-refractivity contribution in [2.45, 2.75) is 59.5 Å². The number of rotatable bonds is 6. The molecule has 2 saturated carbocycles. The van der Waals surface area contributed by atoms with Gasteiger partial charge in [-0.05, 0) is 37.0 Å². The first-order chi connectivity index (χ1) is 13.5. The summed E-state index contributed by atoms with van der Waals surface area (Å²) in [4.78, 5) is 36.4. The van der Waals surface area contributed by atoms with Gasteiger partial charge in [0.1, 0.15) is 6.10 Å². The van der Waals surface area contributed by atoms with Gasteiger partial charge in [0.15, 0.2) is 0 Å². The van der Waals surface area contributed by atoms with Crippen LogP contribution in [0.4, 0.5) is 0 Å². The van der Waals surface area contributed by atoms with Crippen molar-refractivity contribution in [3.63, 3.8) is 0 Å². The molecule has 0 heterocycles. The molecule has 160 valence electrons. The third-order valence-electron chi connectivity index (χ3n) is 6.67. The van der Waals surface area contributed by atoms with Gasteiger partial charge < -0.3 is 14.9 Å². The van der Waals surface area contributed by atoms with Gasteiger partial charge in [-0.1, -0.05) is 57.6 Å². The van der Waals surface area contributed by atoms with Crippen LogP contribution in [0, 0.1) is 28.6 Å². The van der Waals surface area contributed by atoms with Crippen molar-refractivity contribution in [3.05, 3.63) is 36.5 Å². The summed E-state index contributed by atoms with van der Waals surface area (Å²) in [5.41, 5.74) is -1.01. The second-order valence-corrected chi connectivity index (χ2v) is 9.07. The van der Waals surface area contributed by atoms with Gasteiger partial charge in [-0.25, -0.2) is 4.79 Å². The molecule has 0 amide bonds. The van der Waals surface area contributed by atoms with Crippen LogP contribution in [-0.4, -0.2) is 34.2 Å². The highest BCUT2D eigenvalue weighted by atomic mass is 16.5. The molecule has 6 heteroatoms. The molecule has 0 bridgehead atoms. The van der Waals surface area contributed by atoms with E-state index in [1.165, 1.54) is 6.08 Å². The van der Waals surface area contributed by atoms with Crippen LogP contribution in [0.25, 0.3) is 0 Å². The lowest BCUT2D eigenvalue weighted by atomic mass is 9.45. The van der Waals surface area contributed by atoms with Gasteiger partial charge in [-0.15, -0.1) is 0 Å². The molecular weight excluding hydrogens is 372 g/mol. The molecule has 0 aliphatic heterocycles. The second-order valence-electron chi connectivity index (χ2n) is 9.07. The van der Waals surface area contributed by atoms with Crippen LogP contribution in [0.3, 0.4) is 0 Å². The van der Waals surface area contributed by atoms with Gasteiger partial charge in [0.05, 0.1) is 11.8 Å². The van der Waals surface area contributed by atoms with E-state index in [9.17, 15) is 24.6 Å². The zero-order valence-corrected chi connectivity index (χ0v) is 17.6. The summed E-state index contributed by atoms with van der Waals surface area (Å²) >= 11 is 0. The first kappa shape index (κ1) is 22.9. The van der Waals surface area contributed by atoms with E-state index in [1.54, 1.807) is 18.2 Å². The zero-order chi connectivity index (χ0) is 21.8. The quantitative estimate of drug-likeness (QED) is 0.390. The highest BCUT2D eigenvalue weighted by Gasteiger charge is 2.63. The van der Waals surface area contributed by atoms with E-state index in [4.69, 9.17) is 4.74 Å². The number of carboxylic acid groups (broad SMARTS) is 2. The Bertz CT molecular complexity index is 732. The number of carbonyl (C=O) groups excluding carboxylic acids is 1. The Hall–Kier alpha value is -2.37. The number of allylic oxidation sites excluding steroid dienone is 5. The minimum absolute atomic E-state index is 0.0178. The van der Waals surface area contributed by atoms with E-state index in [0.717, 1.165) is 12.8 Å². The summed E-state index contributed by atoms with van der Waals surface area (Å²) in [5, 5.41) is 19.6. The lowest BCUT2D eigenvalue weighted by molar-refractivity contribution is -0.201. The number of aliphatic carboxylic acids is 2. The first-order valence-electron chi connectivity index (χ1n) is 10.2. The molecule has 0 saturated heterocycles. The van der Waals surface area contributed by atoms with Crippen molar-refractivity contribution in [2.75, 3.05) is 0 Å². The minimum Gasteiger partial charge on any atom is -0.481 e. The molecule has 2 fully saturated rings. The standard InChI is InChI=1S/C23H32O6/c1-5-6-7-8-9-11-17(24)29-16-14-15(20(25)26)18(21(27)28)23(4)13-10-12-22(2,3)19(16)23/h5-9,11,15-16,18-19H,10,12-14H2,1-4H3,(H,25,26)(H,27,28)/b6-5+,8-7+,11-9+/t15-,16+,18+,19+,23+/m0/s1. The molecule has 6 nitrogen and oxygen atoms in total. The highest BCUT2D eigenvalue weighted by molar-refractivity contribution is 5.83. The van der Waals surface area contributed by atoms with Gasteiger partial charge >= 0.3 is 17.9 Å². The molecule has 0 radical (unpaired) electrons. The summed E-state index contributed by atoms with van der Waals surface area (Å²) in [7, 11) is 0. The molecule has 0 aromatic heterocycles. The lowest BCUT2D eigenvalue weighted by Crippen LogP contribution is -2.61. The molecule has 2 N–H and O–H groups in total. The van der Waals surface area contributed by atoms with Crippen molar-refractivity contribution in [1.82, 2.24) is 0 Å². The number of hydrogen-bond acceptors (Lipinski definition) is 4. The van der Waals surface area contributed by atoms with Gasteiger partial charge in [0, 0.05) is 12.0 Å². The Kier molecular flexibility index (Phi) is 7.09. The van der Waals surface area contributed by atoms with Gasteiger partial charge in [0.25, 0.3) is 0 Å². The molecule has 5 atom stereocenters. The highest BCUT2D eigenvalue weighted by Crippen LogP contribution is 2.61. The van der Waals surface area contributed by atoms with Crippen LogP contribution in [-0.2, 0) is 19.1 Å². The normalized spacial score (nSPS) is 34.3. The zero-order valence-electron chi connectivity index (χ0n) is 17.6. The van der Waals surface area contributed by atoms with E-state index >= 15 is 0 Å². The van der Waals surface area contributed by atoms with Crippen molar-refractivity contribution >= 4 is 17.9 Å². The fourth-order valence-corrected chi connectivity index (χ4v) is 5.76. The maximum absolute atomic E-state index is 12.4. The lowest BCUT2D eigenvalue weighted by Gasteiger charge is -2.59. The van der Waals surface area contributed by atoms with Crippen LogP contribution < -0.4 is 0 Å². The van der Waals surface area contributed by atoms with Crippen LogP contribution in [0.15, 0.2) is 36.5 Å². The maximum atomic E-state index is 12.4. The number of carbonyl (C=O) groups is 3. The third kappa shape index (κ3) is 4.80. The van der Waals surface area contributed by atoms with Crippen LogP contribution in [0.5, 0.6) is 0 Å². The van der Waals surface area contributed by atoms with Gasteiger partial charge in [-0.2, -0.15) is 0 Å². The topological polar surface area (TPSA) is 101 Å². The SMILES string of the molecule is C/C=C/C=C/C=C/C(=O)O[C@@H]1C[C@H](C(=O)O)[C@H](C(=O)O)[C@@]2(C)CCCC(C)(C)[C@@H]12. The number of carboxylic acids is 2. The van der Waals surface area contributed by atoms with Gasteiger partial charge in [0.2, 0.25) is 0 Å². The fraction of sp³-hybridized carbons (Fsp3) is 0.609. The molecule has 0 aromatic rings. The Labute approximate surface area is 172 Å². The number of ether oxygens (including phenoxy) is 1. The Morgan fingerprint density at radius 3 is 2.21 bits per heavy atom. The smallest absolute Gasteiger partial charge is 0.331 e. The Morgan fingerprint density at radius 1 is 0.966 bits per heavy atom. The number of fused-ring (bicyclic) bond motifs is 1. The summed E-state index contributed by atoms with van der Waals surface area (Å²) in [6.45, 7) is 7.87. The summed E-state index contributed by atoms with van der Waals surface area (Å²) < 4.78 is 5.74. The minimum atomic E-state index is -1.15. The average Bonchev–Trinajstić information content (AvgIpc) is 2.59. The molecule has 2 rings (SSSR count). The van der Waals surface area contributed by atoms with Crippen molar-refractivity contribution in [3.8, 4) is 0 Å². The second kappa shape index (κ2) is 8.97. The summed E-state index contributed by atoms with van der Waals surface area (Å²) in [6.07, 6.45) is 11.8. The monoisotopic (exact) mass is 404 g/mol. The van der Waals surface area contributed by atoms with E-state index in [0.29, 0.717) is 6.42 Å². The van der Waals surface area contributed by atoms with Crippen molar-refractivity contribution in [2.24, 2.45) is 28.6 Å². The largest absolute Gasteiger partial charge is 0.481 e. The van der Waals surface area contributed by atoms with E-state index in [1.807, 2.05) is 26.0 Å². The van der Waals surface area contributed by atoms with Crippen molar-refractivity contribution < 1.29 is 29.3 Å². The maximum Gasteiger partial charge on any atom is 0.331 e. The Balaban J connectivity index is 2.36. The number of esters is 1. The molecule has 0 unspecified atom stereocenters. The van der Waals surface area contributed by atoms with Crippen LogP contribution in [0.2, 0.25) is 0 Å². The van der Waals surface area contributed by atoms with Crippen LogP contribution >= 0.6 is 0 Å². The Morgan fingerprint density at radius 2 is 1.62 bits per heavy atom. The molecular formula is C23H32O6.